The monoisotopic (exact) mass is 483 g/mol. The summed E-state index contributed by atoms with van der Waals surface area (Å²) in [5, 5.41) is 19.2. The number of hydrogen-bond acceptors (Lipinski definition) is 6. The third-order valence-corrected chi connectivity index (χ3v) is 5.84. The molecule has 186 valence electrons. The van der Waals surface area contributed by atoms with Crippen LogP contribution in [-0.4, -0.2) is 81.8 Å². The summed E-state index contributed by atoms with van der Waals surface area (Å²) in [4.78, 5) is 33.6. The van der Waals surface area contributed by atoms with Crippen LogP contribution in [0.2, 0.25) is 0 Å². The maximum absolute atomic E-state index is 13.4. The standard InChI is InChI=1S/C26H30FN3O5/c1-16-13-30(17(2)15-31)26(34)22-11-19(6-5-18(3)32)12-28-24(22)35-23(16)14-29(4)25(33)20-7-9-21(27)10-8-20/h7-12,16-18,23,31-32H,13-15H2,1-4H3/t16-,17+,18-,23+/m1/s1. The first-order chi connectivity index (χ1) is 16.6. The molecule has 1 aliphatic heterocycles. The molecule has 1 aromatic heterocycles. The van der Waals surface area contributed by atoms with E-state index in [2.05, 4.69) is 16.8 Å². The quantitative estimate of drug-likeness (QED) is 0.631. The Morgan fingerprint density at radius 1 is 1.34 bits per heavy atom. The van der Waals surface area contributed by atoms with Gasteiger partial charge in [0.05, 0.1) is 19.2 Å². The van der Waals surface area contributed by atoms with Crippen molar-refractivity contribution >= 4 is 11.8 Å². The lowest BCUT2D eigenvalue weighted by molar-refractivity contribution is 0.0313. The second kappa shape index (κ2) is 11.3. The molecule has 0 fully saturated rings. The van der Waals surface area contributed by atoms with Gasteiger partial charge in [-0.2, -0.15) is 0 Å². The van der Waals surface area contributed by atoms with Crippen molar-refractivity contribution in [2.75, 3.05) is 26.7 Å². The van der Waals surface area contributed by atoms with Gasteiger partial charge < -0.3 is 24.7 Å². The van der Waals surface area contributed by atoms with Gasteiger partial charge in [-0.3, -0.25) is 9.59 Å². The van der Waals surface area contributed by atoms with E-state index in [9.17, 15) is 24.2 Å². The Morgan fingerprint density at radius 3 is 2.66 bits per heavy atom. The first-order valence-corrected chi connectivity index (χ1v) is 11.4. The van der Waals surface area contributed by atoms with Crippen molar-refractivity contribution in [2.45, 2.75) is 39.0 Å². The number of hydrogen-bond donors (Lipinski definition) is 2. The van der Waals surface area contributed by atoms with Crippen molar-refractivity contribution < 1.29 is 28.9 Å². The number of amides is 2. The number of fused-ring (bicyclic) bond motifs is 1. The van der Waals surface area contributed by atoms with Crippen molar-refractivity contribution in [3.63, 3.8) is 0 Å². The van der Waals surface area contributed by atoms with Gasteiger partial charge in [-0.25, -0.2) is 9.37 Å². The fourth-order valence-corrected chi connectivity index (χ4v) is 3.74. The van der Waals surface area contributed by atoms with E-state index in [4.69, 9.17) is 4.74 Å². The molecule has 2 amide bonds. The molecular weight excluding hydrogens is 453 g/mol. The Labute approximate surface area is 204 Å². The molecule has 0 radical (unpaired) electrons. The Hall–Kier alpha value is -3.48. The molecule has 2 N–H and O–H groups in total. The van der Waals surface area contributed by atoms with Gasteiger partial charge in [0.15, 0.2) is 0 Å². The normalized spacial score (nSPS) is 19.3. The zero-order valence-corrected chi connectivity index (χ0v) is 20.2. The van der Waals surface area contributed by atoms with Crippen molar-refractivity contribution in [2.24, 2.45) is 5.92 Å². The van der Waals surface area contributed by atoms with Gasteiger partial charge in [0.1, 0.15) is 23.6 Å². The zero-order valence-electron chi connectivity index (χ0n) is 20.2. The molecule has 8 nitrogen and oxygen atoms in total. The maximum Gasteiger partial charge on any atom is 0.259 e. The molecule has 0 bridgehead atoms. The van der Waals surface area contributed by atoms with Crippen LogP contribution in [0.3, 0.4) is 0 Å². The average Bonchev–Trinajstić information content (AvgIpc) is 2.84. The van der Waals surface area contributed by atoms with Gasteiger partial charge in [-0.15, -0.1) is 0 Å². The molecule has 1 aliphatic rings. The second-order valence-electron chi connectivity index (χ2n) is 8.84. The van der Waals surface area contributed by atoms with Crippen LogP contribution < -0.4 is 4.74 Å². The van der Waals surface area contributed by atoms with Crippen LogP contribution in [-0.2, 0) is 0 Å². The van der Waals surface area contributed by atoms with E-state index in [1.807, 2.05) is 6.92 Å². The predicted octanol–water partition coefficient (Wildman–Crippen LogP) is 1.95. The summed E-state index contributed by atoms with van der Waals surface area (Å²) in [6.07, 6.45) is 0.0960. The average molecular weight is 484 g/mol. The number of likely N-dealkylation sites (N-methyl/N-ethyl adjacent to an activating group) is 1. The Bertz CT molecular complexity index is 1130. The molecule has 2 heterocycles. The van der Waals surface area contributed by atoms with Crippen molar-refractivity contribution in [3.05, 3.63) is 59.0 Å². The van der Waals surface area contributed by atoms with Crippen molar-refractivity contribution in [3.8, 4) is 17.7 Å². The number of benzene rings is 1. The molecule has 3 rings (SSSR count). The number of carbonyl (C=O) groups excluding carboxylic acids is 2. The fourth-order valence-electron chi connectivity index (χ4n) is 3.74. The minimum Gasteiger partial charge on any atom is -0.472 e. The van der Waals surface area contributed by atoms with Crippen LogP contribution in [0.5, 0.6) is 5.88 Å². The van der Waals surface area contributed by atoms with Crippen LogP contribution in [0.15, 0.2) is 36.5 Å². The molecule has 0 saturated heterocycles. The number of aliphatic hydroxyl groups excluding tert-OH is 2. The lowest BCUT2D eigenvalue weighted by Gasteiger charge is -2.37. The van der Waals surface area contributed by atoms with Crippen LogP contribution in [0, 0.1) is 23.6 Å². The number of ether oxygens (including phenoxy) is 1. The molecule has 2 aromatic rings. The van der Waals surface area contributed by atoms with Gasteiger partial charge in [-0.1, -0.05) is 18.8 Å². The van der Waals surface area contributed by atoms with Gasteiger partial charge >= 0.3 is 0 Å². The zero-order chi connectivity index (χ0) is 25.7. The third kappa shape index (κ3) is 6.35. The smallest absolute Gasteiger partial charge is 0.259 e. The largest absolute Gasteiger partial charge is 0.472 e. The molecular formula is C26H30FN3O5. The van der Waals surface area contributed by atoms with E-state index < -0.39 is 24.1 Å². The van der Waals surface area contributed by atoms with Crippen LogP contribution in [0.25, 0.3) is 0 Å². The molecule has 0 aliphatic carbocycles. The highest BCUT2D eigenvalue weighted by Gasteiger charge is 2.34. The highest BCUT2D eigenvalue weighted by atomic mass is 19.1. The SMILES string of the molecule is C[C@@H]1CN([C@@H](C)CO)C(=O)c2cc(C#C[C@@H](C)O)cnc2O[C@H]1CN(C)C(=O)c1ccc(F)cc1. The predicted molar refractivity (Wildman–Crippen MR) is 127 cm³/mol. The van der Waals surface area contributed by atoms with Crippen LogP contribution >= 0.6 is 0 Å². The van der Waals surface area contributed by atoms with Crippen LogP contribution in [0.1, 0.15) is 47.1 Å². The lowest BCUT2D eigenvalue weighted by Crippen LogP contribution is -2.50. The van der Waals surface area contributed by atoms with Gasteiger partial charge in [0, 0.05) is 36.8 Å². The summed E-state index contributed by atoms with van der Waals surface area (Å²) in [5.41, 5.74) is 0.969. The van der Waals surface area contributed by atoms with Crippen molar-refractivity contribution in [1.82, 2.24) is 14.8 Å². The van der Waals surface area contributed by atoms with E-state index in [0.717, 1.165) is 0 Å². The van der Waals surface area contributed by atoms with Gasteiger partial charge in [0.25, 0.3) is 11.8 Å². The number of nitrogens with zero attached hydrogens (tertiary/aromatic N) is 3. The number of halogens is 1. The highest BCUT2D eigenvalue weighted by Crippen LogP contribution is 2.27. The van der Waals surface area contributed by atoms with Gasteiger partial charge in [0.2, 0.25) is 5.88 Å². The molecule has 9 heteroatoms. The van der Waals surface area contributed by atoms with Crippen molar-refractivity contribution in [1.29, 1.82) is 0 Å². The minimum absolute atomic E-state index is 0.104. The molecule has 4 atom stereocenters. The second-order valence-corrected chi connectivity index (χ2v) is 8.84. The van der Waals surface area contributed by atoms with E-state index in [1.54, 1.807) is 24.9 Å². The molecule has 0 unspecified atom stereocenters. The summed E-state index contributed by atoms with van der Waals surface area (Å²) in [6.45, 7) is 5.43. The summed E-state index contributed by atoms with van der Waals surface area (Å²) in [7, 11) is 1.63. The summed E-state index contributed by atoms with van der Waals surface area (Å²) < 4.78 is 19.4. The van der Waals surface area contributed by atoms with Gasteiger partial charge in [-0.05, 0) is 44.2 Å². The van der Waals surface area contributed by atoms with E-state index >= 15 is 0 Å². The maximum atomic E-state index is 13.4. The Balaban J connectivity index is 1.94. The summed E-state index contributed by atoms with van der Waals surface area (Å²) in [6, 6.07) is 6.40. The van der Waals surface area contributed by atoms with Crippen LogP contribution in [0.4, 0.5) is 4.39 Å². The number of rotatable bonds is 5. The lowest BCUT2D eigenvalue weighted by atomic mass is 9.99. The van der Waals surface area contributed by atoms with E-state index in [0.29, 0.717) is 11.1 Å². The molecule has 0 saturated carbocycles. The fraction of sp³-hybridized carbons (Fsp3) is 0.423. The summed E-state index contributed by atoms with van der Waals surface area (Å²) >= 11 is 0. The summed E-state index contributed by atoms with van der Waals surface area (Å²) in [5.74, 6) is 4.23. The first kappa shape index (κ1) is 26.1. The number of aliphatic hydroxyl groups is 2. The van der Waals surface area contributed by atoms with E-state index in [-0.39, 0.29) is 48.9 Å². The number of pyridine rings is 1. The Kier molecular flexibility index (Phi) is 8.43. The number of carbonyl (C=O) groups is 2. The topological polar surface area (TPSA) is 103 Å². The number of aromatic nitrogens is 1. The Morgan fingerprint density at radius 2 is 2.03 bits per heavy atom. The minimum atomic E-state index is -0.839. The third-order valence-electron chi connectivity index (χ3n) is 5.84. The highest BCUT2D eigenvalue weighted by molar-refractivity contribution is 5.97. The molecule has 35 heavy (non-hydrogen) atoms. The molecule has 1 aromatic carbocycles. The first-order valence-electron chi connectivity index (χ1n) is 11.4. The van der Waals surface area contributed by atoms with E-state index in [1.165, 1.54) is 42.3 Å². The molecule has 0 spiro atoms.